The molecule has 1 aromatic heterocycles. The van der Waals surface area contributed by atoms with E-state index in [4.69, 9.17) is 0 Å². The maximum atomic E-state index is 10.4. The van der Waals surface area contributed by atoms with Crippen molar-refractivity contribution in [3.8, 4) is 0 Å². The lowest BCUT2D eigenvalue weighted by Gasteiger charge is -2.16. The molecule has 0 radical (unpaired) electrons. The zero-order valence-corrected chi connectivity index (χ0v) is 11.3. The molecule has 0 aliphatic rings. The van der Waals surface area contributed by atoms with Crippen molar-refractivity contribution in [2.75, 3.05) is 0 Å². The first-order chi connectivity index (χ1) is 8.09. The third-order valence-electron chi connectivity index (χ3n) is 2.94. The Labute approximate surface area is 107 Å². The van der Waals surface area contributed by atoms with Gasteiger partial charge in [0.25, 0.3) is 0 Å². The van der Waals surface area contributed by atoms with Crippen LogP contribution in [-0.4, -0.2) is 5.11 Å². The fourth-order valence-corrected chi connectivity index (χ4v) is 2.92. The van der Waals surface area contributed by atoms with Crippen molar-refractivity contribution in [2.45, 2.75) is 32.8 Å². The molecule has 90 valence electrons. The van der Waals surface area contributed by atoms with Crippen molar-refractivity contribution in [2.24, 2.45) is 0 Å². The number of hydrogen-bond acceptors (Lipinski definition) is 2. The topological polar surface area (TPSA) is 20.2 Å². The van der Waals surface area contributed by atoms with Gasteiger partial charge in [0.1, 0.15) is 6.10 Å². The average molecular weight is 246 g/mol. The van der Waals surface area contributed by atoms with Crippen LogP contribution in [0.1, 0.15) is 46.8 Å². The highest BCUT2D eigenvalue weighted by Gasteiger charge is 2.16. The summed E-state index contributed by atoms with van der Waals surface area (Å²) >= 11 is 1.66. The molecule has 1 N–H and O–H groups in total. The zero-order chi connectivity index (χ0) is 12.4. The molecule has 0 saturated carbocycles. The second-order valence-electron chi connectivity index (χ2n) is 4.63. The first-order valence-corrected chi connectivity index (χ1v) is 6.74. The maximum Gasteiger partial charge on any atom is 0.113 e. The Hall–Kier alpha value is -1.12. The summed E-state index contributed by atoms with van der Waals surface area (Å²) in [5.74, 6) is 0.432. The molecule has 2 heteroatoms. The number of aliphatic hydroxyl groups excluding tert-OH is 1. The molecule has 0 aliphatic heterocycles. The molecule has 0 saturated heterocycles. The van der Waals surface area contributed by atoms with Crippen LogP contribution in [0.4, 0.5) is 0 Å². The van der Waals surface area contributed by atoms with Crippen molar-refractivity contribution in [1.82, 2.24) is 0 Å². The van der Waals surface area contributed by atoms with E-state index < -0.39 is 6.10 Å². The minimum Gasteiger partial charge on any atom is -0.383 e. The number of aliphatic hydroxyl groups is 1. The molecular formula is C15H18OS. The van der Waals surface area contributed by atoms with Gasteiger partial charge in [0.05, 0.1) is 0 Å². The number of thiophene rings is 1. The van der Waals surface area contributed by atoms with Crippen molar-refractivity contribution < 1.29 is 5.11 Å². The maximum absolute atomic E-state index is 10.4. The minimum absolute atomic E-state index is 0.432. The van der Waals surface area contributed by atoms with Gasteiger partial charge < -0.3 is 5.11 Å². The molecule has 0 unspecified atom stereocenters. The van der Waals surface area contributed by atoms with Crippen molar-refractivity contribution in [3.05, 3.63) is 57.3 Å². The quantitative estimate of drug-likeness (QED) is 0.858. The SMILES string of the molecule is Cc1ccc([C@H](O)c2ccccc2C(C)C)s1. The largest absolute Gasteiger partial charge is 0.383 e. The fourth-order valence-electron chi connectivity index (χ4n) is 2.04. The summed E-state index contributed by atoms with van der Waals surface area (Å²) in [6, 6.07) is 12.2. The molecule has 17 heavy (non-hydrogen) atoms. The number of rotatable bonds is 3. The number of hydrogen-bond donors (Lipinski definition) is 1. The van der Waals surface area contributed by atoms with Crippen molar-refractivity contribution >= 4 is 11.3 Å². The lowest BCUT2D eigenvalue weighted by atomic mass is 9.93. The van der Waals surface area contributed by atoms with Crippen LogP contribution in [0.5, 0.6) is 0 Å². The lowest BCUT2D eigenvalue weighted by Crippen LogP contribution is -2.03. The Morgan fingerprint density at radius 2 is 1.65 bits per heavy atom. The van der Waals surface area contributed by atoms with E-state index >= 15 is 0 Å². The summed E-state index contributed by atoms with van der Waals surface area (Å²) in [6.07, 6.45) is -0.493. The molecule has 1 aromatic carbocycles. The Bertz CT molecular complexity index is 499. The molecule has 1 atom stereocenters. The molecule has 0 aliphatic carbocycles. The van der Waals surface area contributed by atoms with Gasteiger partial charge in [-0.05, 0) is 36.1 Å². The summed E-state index contributed by atoms with van der Waals surface area (Å²) < 4.78 is 0. The van der Waals surface area contributed by atoms with Gasteiger partial charge in [-0.2, -0.15) is 0 Å². The highest BCUT2D eigenvalue weighted by atomic mass is 32.1. The number of benzene rings is 1. The van der Waals surface area contributed by atoms with Crippen LogP contribution < -0.4 is 0 Å². The van der Waals surface area contributed by atoms with E-state index in [1.807, 2.05) is 24.3 Å². The normalized spacial score (nSPS) is 13.0. The predicted octanol–water partition coefficient (Wildman–Crippen LogP) is 4.26. The van der Waals surface area contributed by atoms with Gasteiger partial charge in [0, 0.05) is 9.75 Å². The Kier molecular flexibility index (Phi) is 3.65. The van der Waals surface area contributed by atoms with E-state index in [0.29, 0.717) is 5.92 Å². The standard InChI is InChI=1S/C15H18OS/c1-10(2)12-6-4-5-7-13(12)15(16)14-9-8-11(3)17-14/h4-10,15-16H,1-3H3/t15-/m1/s1. The van der Waals surface area contributed by atoms with Gasteiger partial charge in [0.15, 0.2) is 0 Å². The highest BCUT2D eigenvalue weighted by molar-refractivity contribution is 7.12. The summed E-state index contributed by atoms with van der Waals surface area (Å²) in [5, 5.41) is 10.4. The van der Waals surface area contributed by atoms with Gasteiger partial charge in [-0.1, -0.05) is 38.1 Å². The molecular weight excluding hydrogens is 228 g/mol. The third kappa shape index (κ3) is 2.59. The Morgan fingerprint density at radius 1 is 1.00 bits per heavy atom. The number of aryl methyl sites for hydroxylation is 1. The van der Waals surface area contributed by atoms with Gasteiger partial charge in [-0.3, -0.25) is 0 Å². The van der Waals surface area contributed by atoms with Crippen molar-refractivity contribution in [3.63, 3.8) is 0 Å². The summed E-state index contributed by atoms with van der Waals surface area (Å²) in [5.41, 5.74) is 2.26. The molecule has 1 heterocycles. The smallest absolute Gasteiger partial charge is 0.113 e. The van der Waals surface area contributed by atoms with Crippen LogP contribution in [0.15, 0.2) is 36.4 Å². The first-order valence-electron chi connectivity index (χ1n) is 5.93. The first kappa shape index (κ1) is 12.3. The highest BCUT2D eigenvalue weighted by Crippen LogP contribution is 2.32. The molecule has 2 aromatic rings. The van der Waals surface area contributed by atoms with Crippen LogP contribution in [0.25, 0.3) is 0 Å². The van der Waals surface area contributed by atoms with E-state index in [0.717, 1.165) is 10.4 Å². The van der Waals surface area contributed by atoms with Crippen LogP contribution in [-0.2, 0) is 0 Å². The van der Waals surface area contributed by atoms with Gasteiger partial charge in [-0.25, -0.2) is 0 Å². The summed E-state index contributed by atoms with van der Waals surface area (Å²) in [6.45, 7) is 6.38. The lowest BCUT2D eigenvalue weighted by molar-refractivity contribution is 0.222. The fraction of sp³-hybridized carbons (Fsp3) is 0.333. The third-order valence-corrected chi connectivity index (χ3v) is 4.00. The molecule has 1 nitrogen and oxygen atoms in total. The minimum atomic E-state index is -0.493. The summed E-state index contributed by atoms with van der Waals surface area (Å²) in [7, 11) is 0. The van der Waals surface area contributed by atoms with Crippen molar-refractivity contribution in [1.29, 1.82) is 0 Å². The predicted molar refractivity (Wildman–Crippen MR) is 73.6 cm³/mol. The monoisotopic (exact) mass is 246 g/mol. The van der Waals surface area contributed by atoms with Gasteiger partial charge in [-0.15, -0.1) is 11.3 Å². The van der Waals surface area contributed by atoms with E-state index in [9.17, 15) is 5.11 Å². The molecule has 0 fully saturated rings. The van der Waals surface area contributed by atoms with Gasteiger partial charge >= 0.3 is 0 Å². The second kappa shape index (κ2) is 5.03. The average Bonchev–Trinajstić information content (AvgIpc) is 2.75. The second-order valence-corrected chi connectivity index (χ2v) is 5.95. The van der Waals surface area contributed by atoms with Crippen LogP contribution >= 0.6 is 11.3 Å². The van der Waals surface area contributed by atoms with E-state index in [-0.39, 0.29) is 0 Å². The van der Waals surface area contributed by atoms with Crippen LogP contribution in [0, 0.1) is 6.92 Å². The van der Waals surface area contributed by atoms with Gasteiger partial charge in [0.2, 0.25) is 0 Å². The van der Waals surface area contributed by atoms with E-state index in [1.165, 1.54) is 10.4 Å². The molecule has 0 spiro atoms. The van der Waals surface area contributed by atoms with E-state index in [2.05, 4.69) is 32.9 Å². The molecule has 2 rings (SSSR count). The van der Waals surface area contributed by atoms with E-state index in [1.54, 1.807) is 11.3 Å². The Morgan fingerprint density at radius 3 is 2.18 bits per heavy atom. The van der Waals surface area contributed by atoms with Crippen LogP contribution in [0.2, 0.25) is 0 Å². The summed E-state index contributed by atoms with van der Waals surface area (Å²) in [4.78, 5) is 2.26. The van der Waals surface area contributed by atoms with Crippen LogP contribution in [0.3, 0.4) is 0 Å². The molecule has 0 amide bonds. The Balaban J connectivity index is 2.40. The zero-order valence-electron chi connectivity index (χ0n) is 10.5. The molecule has 0 bridgehead atoms.